The van der Waals surface area contributed by atoms with E-state index >= 15 is 0 Å². The predicted octanol–water partition coefficient (Wildman–Crippen LogP) is 4.55. The minimum atomic E-state index is -0.0635. The molecule has 0 bridgehead atoms. The van der Waals surface area contributed by atoms with Gasteiger partial charge >= 0.3 is 0 Å². The van der Waals surface area contributed by atoms with Crippen LogP contribution >= 0.6 is 0 Å². The van der Waals surface area contributed by atoms with E-state index in [9.17, 15) is 14.9 Å². The lowest BCUT2D eigenvalue weighted by atomic mass is 9.87. The van der Waals surface area contributed by atoms with Crippen molar-refractivity contribution >= 4 is 22.7 Å². The molecule has 4 rings (SSSR count). The number of benzene rings is 1. The molecule has 0 spiro atoms. The summed E-state index contributed by atoms with van der Waals surface area (Å²) in [7, 11) is 3.51. The fourth-order valence-electron chi connectivity index (χ4n) is 5.08. The van der Waals surface area contributed by atoms with Crippen LogP contribution in [0.1, 0.15) is 65.2 Å². The van der Waals surface area contributed by atoms with Crippen molar-refractivity contribution in [3.05, 3.63) is 58.4 Å². The zero-order valence-electron chi connectivity index (χ0n) is 21.1. The first-order valence-corrected chi connectivity index (χ1v) is 12.1. The number of pyridine rings is 1. The number of nitrogens with zero attached hydrogens (tertiary/aromatic N) is 4. The number of carbonyl (C=O) groups is 2. The third kappa shape index (κ3) is 4.66. The lowest BCUT2D eigenvalue weighted by Crippen LogP contribution is -2.40. The van der Waals surface area contributed by atoms with Crippen molar-refractivity contribution < 1.29 is 14.3 Å². The molecule has 7 heteroatoms. The summed E-state index contributed by atoms with van der Waals surface area (Å²) in [6.45, 7) is 7.49. The van der Waals surface area contributed by atoms with Gasteiger partial charge in [0, 0.05) is 55.8 Å². The highest BCUT2D eigenvalue weighted by atomic mass is 16.5. The first-order chi connectivity index (χ1) is 16.7. The Labute approximate surface area is 206 Å². The third-order valence-corrected chi connectivity index (χ3v) is 7.11. The molecule has 0 atom stereocenters. The van der Waals surface area contributed by atoms with Crippen LogP contribution in [-0.2, 0) is 18.3 Å². The molecular formula is C28H32N4O3. The van der Waals surface area contributed by atoms with Gasteiger partial charge in [-0.05, 0) is 60.6 Å². The summed E-state index contributed by atoms with van der Waals surface area (Å²) >= 11 is 0. The minimum Gasteiger partial charge on any atom is -0.495 e. The number of ketones is 1. The second kappa shape index (κ2) is 9.91. The van der Waals surface area contributed by atoms with Crippen molar-refractivity contribution in [1.29, 1.82) is 5.26 Å². The van der Waals surface area contributed by atoms with E-state index in [0.29, 0.717) is 22.8 Å². The number of rotatable bonds is 6. The Hall–Kier alpha value is -3.66. The highest BCUT2D eigenvalue weighted by molar-refractivity contribution is 5.99. The summed E-state index contributed by atoms with van der Waals surface area (Å²) in [5, 5.41) is 10.5. The number of amides is 1. The number of nitriles is 1. The minimum absolute atomic E-state index is 0.0191. The Kier molecular flexibility index (Phi) is 6.93. The van der Waals surface area contributed by atoms with E-state index in [0.717, 1.165) is 48.1 Å². The quantitative estimate of drug-likeness (QED) is 0.491. The van der Waals surface area contributed by atoms with Crippen molar-refractivity contribution in [2.75, 3.05) is 20.2 Å². The molecule has 0 N–H and O–H groups in total. The Morgan fingerprint density at radius 3 is 2.60 bits per heavy atom. The van der Waals surface area contributed by atoms with Crippen molar-refractivity contribution in [2.24, 2.45) is 13.0 Å². The molecule has 1 aromatic carbocycles. The average Bonchev–Trinajstić information content (AvgIpc) is 3.21. The number of fused-ring (bicyclic) bond motifs is 1. The summed E-state index contributed by atoms with van der Waals surface area (Å²) in [6, 6.07) is 7.03. The zero-order valence-corrected chi connectivity index (χ0v) is 21.1. The standard InChI is InChI=1S/C28H32N4O3/c1-17(2)28(34)32-10-8-19(9-11-32)23-16-31(4)27-26(23)18(3)22(15-30-27)13-24(33)20-6-7-25(35-5)21(12-20)14-29/h6-7,12,15-17,19H,8-11,13H2,1-5H3. The van der Waals surface area contributed by atoms with Crippen LogP contribution in [-0.4, -0.2) is 46.3 Å². The molecule has 1 saturated heterocycles. The lowest BCUT2D eigenvalue weighted by molar-refractivity contribution is -0.135. The molecule has 1 amide bonds. The van der Waals surface area contributed by atoms with E-state index in [1.807, 2.05) is 25.8 Å². The van der Waals surface area contributed by atoms with Crippen molar-refractivity contribution in [2.45, 2.75) is 46.0 Å². The molecule has 0 radical (unpaired) electrons. The van der Waals surface area contributed by atoms with E-state index in [4.69, 9.17) is 9.72 Å². The summed E-state index contributed by atoms with van der Waals surface area (Å²) in [6.07, 6.45) is 6.00. The van der Waals surface area contributed by atoms with Gasteiger partial charge in [0.1, 0.15) is 17.5 Å². The van der Waals surface area contributed by atoms with E-state index in [1.54, 1.807) is 24.4 Å². The molecule has 182 valence electrons. The van der Waals surface area contributed by atoms with Crippen molar-refractivity contribution in [3.8, 4) is 11.8 Å². The van der Waals surface area contributed by atoms with E-state index in [-0.39, 0.29) is 24.0 Å². The topological polar surface area (TPSA) is 88.2 Å². The first kappa shape index (κ1) is 24.5. The van der Waals surface area contributed by atoms with Crippen LogP contribution in [0.15, 0.2) is 30.6 Å². The van der Waals surface area contributed by atoms with E-state index in [2.05, 4.69) is 23.8 Å². The average molecular weight is 473 g/mol. The largest absolute Gasteiger partial charge is 0.495 e. The van der Waals surface area contributed by atoms with Gasteiger partial charge < -0.3 is 14.2 Å². The Morgan fingerprint density at radius 1 is 1.26 bits per heavy atom. The summed E-state index contributed by atoms with van der Waals surface area (Å²) < 4.78 is 7.25. The second-order valence-corrected chi connectivity index (χ2v) is 9.68. The molecule has 1 aliphatic rings. The van der Waals surface area contributed by atoms with Gasteiger partial charge in [-0.1, -0.05) is 13.8 Å². The van der Waals surface area contributed by atoms with Crippen molar-refractivity contribution in [3.63, 3.8) is 0 Å². The summed E-state index contributed by atoms with van der Waals surface area (Å²) in [4.78, 5) is 32.2. The summed E-state index contributed by atoms with van der Waals surface area (Å²) in [5.41, 5.74) is 4.93. The van der Waals surface area contributed by atoms with Crippen LogP contribution < -0.4 is 4.74 Å². The number of piperidine rings is 1. The number of methoxy groups -OCH3 is 1. The van der Waals surface area contributed by atoms with E-state index < -0.39 is 0 Å². The van der Waals surface area contributed by atoms with Crippen LogP contribution in [0.25, 0.3) is 11.0 Å². The number of hydrogen-bond donors (Lipinski definition) is 0. The number of Topliss-reactive ketones (excluding diaryl/α,β-unsaturated/α-hetero) is 1. The van der Waals surface area contributed by atoms with Gasteiger partial charge in [0.25, 0.3) is 0 Å². The van der Waals surface area contributed by atoms with Crippen LogP contribution in [0.3, 0.4) is 0 Å². The van der Waals surface area contributed by atoms with Crippen LogP contribution in [0, 0.1) is 24.2 Å². The molecule has 7 nitrogen and oxygen atoms in total. The fourth-order valence-corrected chi connectivity index (χ4v) is 5.08. The molecule has 2 aromatic heterocycles. The van der Waals surface area contributed by atoms with Gasteiger partial charge in [-0.3, -0.25) is 9.59 Å². The Bertz CT molecular complexity index is 1320. The molecule has 1 fully saturated rings. The maximum Gasteiger partial charge on any atom is 0.225 e. The first-order valence-electron chi connectivity index (χ1n) is 12.1. The van der Waals surface area contributed by atoms with Crippen LogP contribution in [0.2, 0.25) is 0 Å². The second-order valence-electron chi connectivity index (χ2n) is 9.68. The fraction of sp³-hybridized carbons (Fsp3) is 0.429. The Balaban J connectivity index is 1.61. The molecule has 0 saturated carbocycles. The van der Waals surface area contributed by atoms with Gasteiger partial charge in [0.05, 0.1) is 12.7 Å². The number of aryl methyl sites for hydroxylation is 2. The van der Waals surface area contributed by atoms with Crippen LogP contribution in [0.4, 0.5) is 0 Å². The SMILES string of the molecule is COc1ccc(C(=O)Cc2cnc3c(c(C4CCN(C(=O)C(C)C)CC4)cn3C)c2C)cc1C#N. The van der Waals surface area contributed by atoms with E-state index in [1.165, 1.54) is 12.7 Å². The van der Waals surface area contributed by atoms with Gasteiger partial charge in [-0.15, -0.1) is 0 Å². The number of likely N-dealkylation sites (tertiary alicyclic amines) is 1. The number of ether oxygens (including phenoxy) is 1. The van der Waals surface area contributed by atoms with Gasteiger partial charge in [0.15, 0.2) is 5.78 Å². The van der Waals surface area contributed by atoms with Gasteiger partial charge in [-0.2, -0.15) is 5.26 Å². The number of carbonyl (C=O) groups excluding carboxylic acids is 2. The van der Waals surface area contributed by atoms with Crippen LogP contribution in [0.5, 0.6) is 5.75 Å². The maximum atomic E-state index is 13.1. The monoisotopic (exact) mass is 472 g/mol. The normalized spacial score (nSPS) is 14.4. The zero-order chi connectivity index (χ0) is 25.3. The Morgan fingerprint density at radius 2 is 1.97 bits per heavy atom. The smallest absolute Gasteiger partial charge is 0.225 e. The highest BCUT2D eigenvalue weighted by Gasteiger charge is 2.28. The number of hydrogen-bond acceptors (Lipinski definition) is 5. The van der Waals surface area contributed by atoms with Gasteiger partial charge in [0.2, 0.25) is 5.91 Å². The lowest BCUT2D eigenvalue weighted by Gasteiger charge is -2.33. The third-order valence-electron chi connectivity index (χ3n) is 7.11. The molecule has 0 unspecified atom stereocenters. The summed E-state index contributed by atoms with van der Waals surface area (Å²) in [5.74, 6) is 0.981. The molecule has 35 heavy (non-hydrogen) atoms. The van der Waals surface area contributed by atoms with Crippen molar-refractivity contribution in [1.82, 2.24) is 14.5 Å². The molecule has 3 heterocycles. The molecule has 1 aliphatic heterocycles. The molecule has 0 aliphatic carbocycles. The highest BCUT2D eigenvalue weighted by Crippen LogP contribution is 2.36. The predicted molar refractivity (Wildman–Crippen MR) is 135 cm³/mol. The maximum absolute atomic E-state index is 13.1. The number of aromatic nitrogens is 2. The van der Waals surface area contributed by atoms with Gasteiger partial charge in [-0.25, -0.2) is 4.98 Å². The molecular weight excluding hydrogens is 440 g/mol. The molecule has 3 aromatic rings.